The van der Waals surface area contributed by atoms with Gasteiger partial charge < -0.3 is 20.1 Å². The number of hydrogen-bond acceptors (Lipinski definition) is 5. The molecule has 0 aromatic heterocycles. The molecular formula is C25H24ClFN2O5. The van der Waals surface area contributed by atoms with Gasteiger partial charge in [-0.1, -0.05) is 23.2 Å². The molecule has 7 nitrogen and oxygen atoms in total. The van der Waals surface area contributed by atoms with E-state index in [0.29, 0.717) is 30.6 Å². The molecule has 1 unspecified atom stereocenters. The molecule has 4 aliphatic rings. The van der Waals surface area contributed by atoms with E-state index in [9.17, 15) is 18.8 Å². The van der Waals surface area contributed by atoms with Crippen molar-refractivity contribution in [2.24, 2.45) is 5.41 Å². The zero-order chi connectivity index (χ0) is 24.1. The number of Topliss-reactive ketones (excluding diaryl/α,β-unsaturated/α-hetero) is 1. The molecule has 2 bridgehead atoms. The van der Waals surface area contributed by atoms with Crippen molar-refractivity contribution >= 4 is 29.2 Å². The van der Waals surface area contributed by atoms with Crippen LogP contribution >= 0.6 is 11.6 Å². The Hall–Kier alpha value is -3.13. The molecule has 1 aliphatic heterocycles. The van der Waals surface area contributed by atoms with Crippen molar-refractivity contribution in [1.82, 2.24) is 10.6 Å². The van der Waals surface area contributed by atoms with E-state index in [0.717, 1.165) is 11.6 Å². The van der Waals surface area contributed by atoms with Gasteiger partial charge in [-0.25, -0.2) is 4.39 Å². The summed E-state index contributed by atoms with van der Waals surface area (Å²) in [5.41, 5.74) is 0.709. The van der Waals surface area contributed by atoms with Crippen molar-refractivity contribution in [3.05, 3.63) is 58.4 Å². The van der Waals surface area contributed by atoms with Gasteiger partial charge in [-0.2, -0.15) is 0 Å². The fraction of sp³-hybridized carbons (Fsp3) is 0.400. The number of aryl methyl sites for hydroxylation is 1. The lowest BCUT2D eigenvalue weighted by Gasteiger charge is -2.69. The Kier molecular flexibility index (Phi) is 5.51. The summed E-state index contributed by atoms with van der Waals surface area (Å²) in [6.07, 6.45) is 1.49. The smallest absolute Gasteiger partial charge is 0.258 e. The Balaban J connectivity index is 1.06. The molecule has 2 amide bonds. The molecule has 3 aliphatic carbocycles. The fourth-order valence-corrected chi connectivity index (χ4v) is 5.34. The van der Waals surface area contributed by atoms with Crippen LogP contribution in [0.5, 0.6) is 11.5 Å². The van der Waals surface area contributed by atoms with E-state index < -0.39 is 22.9 Å². The van der Waals surface area contributed by atoms with Crippen LogP contribution in [0.4, 0.5) is 4.39 Å². The fourth-order valence-electron chi connectivity index (χ4n) is 5.22. The van der Waals surface area contributed by atoms with Gasteiger partial charge in [0.1, 0.15) is 23.4 Å². The molecule has 1 atom stereocenters. The first-order chi connectivity index (χ1) is 16.2. The average molecular weight is 487 g/mol. The lowest BCUT2D eigenvalue weighted by Crippen LogP contribution is -2.78. The van der Waals surface area contributed by atoms with Crippen molar-refractivity contribution in [2.45, 2.75) is 44.2 Å². The molecule has 178 valence electrons. The van der Waals surface area contributed by atoms with Crippen molar-refractivity contribution in [3.63, 3.8) is 0 Å². The Morgan fingerprint density at radius 2 is 1.97 bits per heavy atom. The van der Waals surface area contributed by atoms with Crippen LogP contribution < -0.4 is 20.1 Å². The largest absolute Gasteiger partial charge is 0.487 e. The second-order valence-electron chi connectivity index (χ2n) is 9.58. The molecule has 0 radical (unpaired) electrons. The third-order valence-corrected chi connectivity index (χ3v) is 7.12. The number of carbonyl (C=O) groups is 3. The van der Waals surface area contributed by atoms with E-state index in [4.69, 9.17) is 21.1 Å². The maximum Gasteiger partial charge on any atom is 0.258 e. The highest BCUT2D eigenvalue weighted by Crippen LogP contribution is 2.67. The van der Waals surface area contributed by atoms with Gasteiger partial charge in [0.25, 0.3) is 5.91 Å². The third kappa shape index (κ3) is 4.11. The molecule has 0 spiro atoms. The van der Waals surface area contributed by atoms with Gasteiger partial charge in [-0.05, 0) is 50.5 Å². The van der Waals surface area contributed by atoms with Crippen LogP contribution in [0, 0.1) is 18.2 Å². The quantitative estimate of drug-likeness (QED) is 0.626. The average Bonchev–Trinajstić information content (AvgIpc) is 2.75. The van der Waals surface area contributed by atoms with Gasteiger partial charge in [-0.15, -0.1) is 0 Å². The summed E-state index contributed by atoms with van der Waals surface area (Å²) < 4.78 is 24.7. The predicted molar refractivity (Wildman–Crippen MR) is 122 cm³/mol. The molecule has 6 rings (SSSR count). The van der Waals surface area contributed by atoms with Crippen molar-refractivity contribution < 1.29 is 28.2 Å². The second-order valence-corrected chi connectivity index (χ2v) is 9.99. The van der Waals surface area contributed by atoms with Crippen LogP contribution in [0.3, 0.4) is 0 Å². The number of nitrogens with one attached hydrogen (secondary N) is 2. The SMILES string of the molecule is Cc1ccc2c(c1)C(=O)CC(CNC(=O)C13CC(NC(=O)COc4ccc(Cl)c(F)c4)(C1)C3)O2. The highest BCUT2D eigenvalue weighted by molar-refractivity contribution is 6.30. The molecule has 34 heavy (non-hydrogen) atoms. The molecule has 3 saturated carbocycles. The number of amides is 2. The third-order valence-electron chi connectivity index (χ3n) is 6.81. The summed E-state index contributed by atoms with van der Waals surface area (Å²) in [5.74, 6) is -0.243. The van der Waals surface area contributed by atoms with Crippen molar-refractivity contribution in [3.8, 4) is 11.5 Å². The van der Waals surface area contributed by atoms with Gasteiger partial charge in [0.15, 0.2) is 12.4 Å². The van der Waals surface area contributed by atoms with E-state index in [1.165, 1.54) is 12.1 Å². The van der Waals surface area contributed by atoms with E-state index in [2.05, 4.69) is 10.6 Å². The minimum Gasteiger partial charge on any atom is -0.487 e. The summed E-state index contributed by atoms with van der Waals surface area (Å²) in [7, 11) is 0. The monoisotopic (exact) mass is 486 g/mol. The zero-order valence-electron chi connectivity index (χ0n) is 18.6. The van der Waals surface area contributed by atoms with Crippen LogP contribution in [-0.4, -0.2) is 42.4 Å². The molecular weight excluding hydrogens is 463 g/mol. The van der Waals surface area contributed by atoms with Gasteiger partial charge >= 0.3 is 0 Å². The molecule has 2 aromatic rings. The van der Waals surface area contributed by atoms with Crippen LogP contribution in [-0.2, 0) is 9.59 Å². The molecule has 0 saturated heterocycles. The normalized spacial score (nSPS) is 26.3. The summed E-state index contributed by atoms with van der Waals surface area (Å²) >= 11 is 5.63. The number of halogens is 2. The van der Waals surface area contributed by atoms with E-state index in [-0.39, 0.29) is 47.9 Å². The number of ketones is 1. The predicted octanol–water partition coefficient (Wildman–Crippen LogP) is 3.36. The summed E-state index contributed by atoms with van der Waals surface area (Å²) in [5, 5.41) is 5.83. The summed E-state index contributed by atoms with van der Waals surface area (Å²) in [6, 6.07) is 9.47. The zero-order valence-corrected chi connectivity index (χ0v) is 19.3. The number of rotatable bonds is 7. The molecule has 1 heterocycles. The van der Waals surface area contributed by atoms with Crippen molar-refractivity contribution in [2.75, 3.05) is 13.2 Å². The Bertz CT molecular complexity index is 1180. The Labute approximate surface area is 200 Å². The topological polar surface area (TPSA) is 93.7 Å². The molecule has 2 N–H and O–H groups in total. The van der Waals surface area contributed by atoms with Crippen LogP contribution in [0.25, 0.3) is 0 Å². The second kappa shape index (κ2) is 8.27. The first-order valence-corrected chi connectivity index (χ1v) is 11.5. The highest BCUT2D eigenvalue weighted by atomic mass is 35.5. The molecule has 9 heteroatoms. The number of carbonyl (C=O) groups excluding carboxylic acids is 3. The van der Waals surface area contributed by atoms with Crippen LogP contribution in [0.2, 0.25) is 5.02 Å². The maximum atomic E-state index is 13.5. The van der Waals surface area contributed by atoms with E-state index in [1.54, 1.807) is 6.07 Å². The summed E-state index contributed by atoms with van der Waals surface area (Å²) in [6.45, 7) is 1.92. The lowest BCUT2D eigenvalue weighted by atomic mass is 9.39. The maximum absolute atomic E-state index is 13.5. The molecule has 2 aromatic carbocycles. The Morgan fingerprint density at radius 3 is 2.71 bits per heavy atom. The number of ether oxygens (including phenoxy) is 2. The van der Waals surface area contributed by atoms with Gasteiger partial charge in [0, 0.05) is 18.0 Å². The molecule has 3 fully saturated rings. The van der Waals surface area contributed by atoms with E-state index in [1.807, 2.05) is 19.1 Å². The van der Waals surface area contributed by atoms with Gasteiger partial charge in [0.05, 0.1) is 22.5 Å². The summed E-state index contributed by atoms with van der Waals surface area (Å²) in [4.78, 5) is 37.4. The van der Waals surface area contributed by atoms with Crippen molar-refractivity contribution in [1.29, 1.82) is 0 Å². The lowest BCUT2D eigenvalue weighted by molar-refractivity contribution is -0.184. The van der Waals surface area contributed by atoms with Gasteiger partial charge in [0.2, 0.25) is 5.91 Å². The Morgan fingerprint density at radius 1 is 1.21 bits per heavy atom. The number of benzene rings is 2. The van der Waals surface area contributed by atoms with Crippen LogP contribution in [0.15, 0.2) is 36.4 Å². The number of fused-ring (bicyclic) bond motifs is 1. The first-order valence-electron chi connectivity index (χ1n) is 11.1. The standard InChI is InChI=1S/C25H24ClFN2O5/c1-14-2-5-21-17(6-14)20(30)8-16(34-21)9-28-23(32)24-11-25(12-24,13-24)29-22(31)10-33-15-3-4-18(26)19(27)7-15/h2-7,16H,8-13H2,1H3,(H,28,32)(H,29,31). The first kappa shape index (κ1) is 22.7. The van der Waals surface area contributed by atoms with Crippen LogP contribution in [0.1, 0.15) is 41.6 Å². The minimum atomic E-state index is -0.616. The number of hydrogen-bond donors (Lipinski definition) is 2. The highest BCUT2D eigenvalue weighted by Gasteiger charge is 2.72. The van der Waals surface area contributed by atoms with E-state index >= 15 is 0 Å². The van der Waals surface area contributed by atoms with Gasteiger partial charge in [-0.3, -0.25) is 14.4 Å². The minimum absolute atomic E-state index is 0.0138.